The van der Waals surface area contributed by atoms with E-state index < -0.39 is 10.9 Å². The third kappa shape index (κ3) is 5.01. The molecule has 0 atom stereocenters. The van der Waals surface area contributed by atoms with Gasteiger partial charge in [0.05, 0.1) is 29.1 Å². The molecule has 2 rings (SSSR count). The number of amides is 1. The van der Waals surface area contributed by atoms with Gasteiger partial charge >= 0.3 is 11.7 Å². The first kappa shape index (κ1) is 18.4. The number of thiophene rings is 1. The zero-order valence-electron chi connectivity index (χ0n) is 13.4. The van der Waals surface area contributed by atoms with E-state index in [2.05, 4.69) is 5.32 Å². The van der Waals surface area contributed by atoms with E-state index >= 15 is 0 Å². The monoisotopic (exact) mass is 364 g/mol. The second-order valence-electron chi connectivity index (χ2n) is 4.87. The molecule has 8 nitrogen and oxygen atoms in total. The smallest absolute Gasteiger partial charge is 0.338 e. The molecule has 132 valence electrons. The summed E-state index contributed by atoms with van der Waals surface area (Å²) in [5.74, 6) is -0.790. The van der Waals surface area contributed by atoms with Crippen LogP contribution in [0.25, 0.3) is 0 Å². The second kappa shape index (κ2) is 8.78. The van der Waals surface area contributed by atoms with E-state index in [1.54, 1.807) is 12.1 Å². The van der Waals surface area contributed by atoms with Gasteiger partial charge in [-0.1, -0.05) is 6.07 Å². The number of hydrogen-bond donors (Lipinski definition) is 1. The fraction of sp³-hybridized carbons (Fsp3) is 0.250. The Morgan fingerprint density at radius 1 is 1.32 bits per heavy atom. The minimum absolute atomic E-state index is 0.0114. The summed E-state index contributed by atoms with van der Waals surface area (Å²) in [5, 5.41) is 15.4. The van der Waals surface area contributed by atoms with Crippen LogP contribution in [0.3, 0.4) is 0 Å². The first-order valence-electron chi connectivity index (χ1n) is 7.34. The fourth-order valence-electron chi connectivity index (χ4n) is 1.97. The minimum Gasteiger partial charge on any atom is -0.490 e. The lowest BCUT2D eigenvalue weighted by atomic mass is 10.2. The molecule has 0 aliphatic heterocycles. The van der Waals surface area contributed by atoms with Crippen molar-refractivity contribution in [1.29, 1.82) is 0 Å². The van der Waals surface area contributed by atoms with Gasteiger partial charge in [0.25, 0.3) is 5.91 Å². The van der Waals surface area contributed by atoms with Gasteiger partial charge in [-0.2, -0.15) is 0 Å². The van der Waals surface area contributed by atoms with Gasteiger partial charge in [-0.3, -0.25) is 14.9 Å². The highest BCUT2D eigenvalue weighted by molar-refractivity contribution is 7.12. The van der Waals surface area contributed by atoms with Gasteiger partial charge in [0, 0.05) is 18.7 Å². The van der Waals surface area contributed by atoms with Crippen molar-refractivity contribution in [1.82, 2.24) is 5.32 Å². The van der Waals surface area contributed by atoms with Crippen LogP contribution in [-0.2, 0) is 4.74 Å². The lowest BCUT2D eigenvalue weighted by Crippen LogP contribution is -2.24. The zero-order valence-corrected chi connectivity index (χ0v) is 14.2. The van der Waals surface area contributed by atoms with Crippen LogP contribution < -0.4 is 10.1 Å². The van der Waals surface area contributed by atoms with E-state index in [1.165, 1.54) is 36.6 Å². The van der Waals surface area contributed by atoms with Crippen molar-refractivity contribution in [3.8, 4) is 5.75 Å². The van der Waals surface area contributed by atoms with E-state index in [4.69, 9.17) is 9.47 Å². The molecule has 25 heavy (non-hydrogen) atoms. The Morgan fingerprint density at radius 2 is 2.12 bits per heavy atom. The molecule has 0 radical (unpaired) electrons. The van der Waals surface area contributed by atoms with Crippen LogP contribution in [-0.4, -0.2) is 37.1 Å². The molecule has 1 heterocycles. The van der Waals surface area contributed by atoms with E-state index in [0.29, 0.717) is 17.8 Å². The van der Waals surface area contributed by atoms with Gasteiger partial charge in [-0.15, -0.1) is 11.3 Å². The van der Waals surface area contributed by atoms with E-state index in [0.717, 1.165) is 0 Å². The molecule has 0 aliphatic carbocycles. The number of hydrogen-bond acceptors (Lipinski definition) is 7. The van der Waals surface area contributed by atoms with Crippen molar-refractivity contribution in [3.05, 3.63) is 56.3 Å². The molecule has 0 spiro atoms. The SMILES string of the molecule is COc1cc(C(=O)OCCCNC(=O)c2cccs2)ccc1[N+](=O)[O-]. The molecule has 0 saturated heterocycles. The van der Waals surface area contributed by atoms with Crippen LogP contribution in [0.15, 0.2) is 35.7 Å². The summed E-state index contributed by atoms with van der Waals surface area (Å²) < 4.78 is 9.99. The number of esters is 1. The number of rotatable bonds is 8. The Bertz CT molecular complexity index is 760. The average Bonchev–Trinajstić information content (AvgIpc) is 3.15. The number of benzene rings is 1. The number of nitrogens with zero attached hydrogens (tertiary/aromatic N) is 1. The molecular formula is C16H16N2O6S. The third-order valence-corrected chi connectivity index (χ3v) is 4.07. The molecule has 0 unspecified atom stereocenters. The summed E-state index contributed by atoms with van der Waals surface area (Å²) in [6.07, 6.45) is 0.451. The Balaban J connectivity index is 1.78. The molecule has 0 bridgehead atoms. The number of methoxy groups -OCH3 is 1. The Labute approximate surface area is 147 Å². The third-order valence-electron chi connectivity index (χ3n) is 3.20. The molecule has 1 N–H and O–H groups in total. The van der Waals surface area contributed by atoms with Gasteiger partial charge in [0.1, 0.15) is 0 Å². The molecule has 1 aromatic carbocycles. The van der Waals surface area contributed by atoms with Gasteiger partial charge in [0.15, 0.2) is 5.75 Å². The number of nitro groups is 1. The molecular weight excluding hydrogens is 348 g/mol. The van der Waals surface area contributed by atoms with E-state index in [1.807, 2.05) is 5.38 Å². The molecule has 9 heteroatoms. The summed E-state index contributed by atoms with van der Waals surface area (Å²) in [5.41, 5.74) is -0.0691. The van der Waals surface area contributed by atoms with Crippen molar-refractivity contribution in [3.63, 3.8) is 0 Å². The van der Waals surface area contributed by atoms with Gasteiger partial charge in [-0.25, -0.2) is 4.79 Å². The highest BCUT2D eigenvalue weighted by Gasteiger charge is 2.18. The summed E-state index contributed by atoms with van der Waals surface area (Å²) >= 11 is 1.35. The van der Waals surface area contributed by atoms with Crippen LogP contribution >= 0.6 is 11.3 Å². The number of ether oxygens (including phenoxy) is 2. The van der Waals surface area contributed by atoms with Gasteiger partial charge in [-0.05, 0) is 23.9 Å². The van der Waals surface area contributed by atoms with Gasteiger partial charge < -0.3 is 14.8 Å². The van der Waals surface area contributed by atoms with Crippen molar-refractivity contribution >= 4 is 28.9 Å². The first-order chi connectivity index (χ1) is 12.0. The first-order valence-corrected chi connectivity index (χ1v) is 8.22. The average molecular weight is 364 g/mol. The quantitative estimate of drug-likeness (QED) is 0.334. The van der Waals surface area contributed by atoms with Crippen molar-refractivity contribution in [2.45, 2.75) is 6.42 Å². The maximum atomic E-state index is 11.9. The highest BCUT2D eigenvalue weighted by Crippen LogP contribution is 2.27. The normalized spacial score (nSPS) is 10.1. The molecule has 1 aromatic heterocycles. The predicted molar refractivity (Wildman–Crippen MR) is 91.2 cm³/mol. The molecule has 1 amide bonds. The van der Waals surface area contributed by atoms with Crippen molar-refractivity contribution in [2.75, 3.05) is 20.3 Å². The van der Waals surface area contributed by atoms with Crippen LogP contribution in [0.1, 0.15) is 26.5 Å². The lowest BCUT2D eigenvalue weighted by molar-refractivity contribution is -0.385. The maximum Gasteiger partial charge on any atom is 0.338 e. The summed E-state index contributed by atoms with van der Waals surface area (Å²) in [4.78, 5) is 34.5. The summed E-state index contributed by atoms with van der Waals surface area (Å²) in [6, 6.07) is 7.28. The largest absolute Gasteiger partial charge is 0.490 e. The molecule has 0 saturated carbocycles. The maximum absolute atomic E-state index is 11.9. The van der Waals surface area contributed by atoms with Crippen LogP contribution in [0.4, 0.5) is 5.69 Å². The molecule has 2 aromatic rings. The molecule has 0 aliphatic rings. The van der Waals surface area contributed by atoms with Crippen molar-refractivity contribution < 1.29 is 24.0 Å². The number of nitrogens with one attached hydrogen (secondary N) is 1. The predicted octanol–water partition coefficient (Wildman–Crippen LogP) is 2.64. The minimum atomic E-state index is -0.613. The fourth-order valence-corrected chi connectivity index (χ4v) is 2.61. The Hall–Kier alpha value is -2.94. The summed E-state index contributed by atoms with van der Waals surface area (Å²) in [6.45, 7) is 0.483. The van der Waals surface area contributed by atoms with Gasteiger partial charge in [0.2, 0.25) is 0 Å². The Kier molecular flexibility index (Phi) is 6.47. The van der Waals surface area contributed by atoms with Crippen LogP contribution in [0.2, 0.25) is 0 Å². The van der Waals surface area contributed by atoms with Crippen LogP contribution in [0, 0.1) is 10.1 Å². The number of nitro benzene ring substituents is 1. The standard InChI is InChI=1S/C16H16N2O6S/c1-23-13-10-11(5-6-12(13)18(21)22)16(20)24-8-3-7-17-15(19)14-4-2-9-25-14/h2,4-6,9-10H,3,7-8H2,1H3,(H,17,19). The van der Waals surface area contributed by atoms with E-state index in [9.17, 15) is 19.7 Å². The Morgan fingerprint density at radius 3 is 2.76 bits per heavy atom. The lowest BCUT2D eigenvalue weighted by Gasteiger charge is -2.07. The zero-order chi connectivity index (χ0) is 18.2. The number of carbonyl (C=O) groups is 2. The molecule has 0 fully saturated rings. The highest BCUT2D eigenvalue weighted by atomic mass is 32.1. The van der Waals surface area contributed by atoms with E-state index in [-0.39, 0.29) is 29.5 Å². The second-order valence-corrected chi connectivity index (χ2v) is 5.81. The summed E-state index contributed by atoms with van der Waals surface area (Å²) in [7, 11) is 1.29. The number of carbonyl (C=O) groups excluding carboxylic acids is 2. The van der Waals surface area contributed by atoms with Crippen molar-refractivity contribution in [2.24, 2.45) is 0 Å². The topological polar surface area (TPSA) is 108 Å². The van der Waals surface area contributed by atoms with Crippen LogP contribution in [0.5, 0.6) is 5.75 Å².